The Hall–Kier alpha value is -3.39. The summed E-state index contributed by atoms with van der Waals surface area (Å²) in [5.41, 5.74) is 2.83. The molecular weight excluding hydrogens is 390 g/mol. The normalized spacial score (nSPS) is 10.8. The molecule has 0 aliphatic rings. The van der Waals surface area contributed by atoms with Gasteiger partial charge in [-0.1, -0.05) is 35.6 Å². The summed E-state index contributed by atoms with van der Waals surface area (Å²) in [6.07, 6.45) is 3.07. The SMILES string of the molecule is COc1cc(/C=C/C(=O)Nc2nnc(-c3ccccc3C)s2)cc(OC)c1OC. The van der Waals surface area contributed by atoms with Crippen molar-refractivity contribution in [2.24, 2.45) is 0 Å². The molecule has 3 aromatic rings. The Labute approximate surface area is 173 Å². The number of carbonyl (C=O) groups excluding carboxylic acids is 1. The minimum atomic E-state index is -0.314. The molecule has 1 N–H and O–H groups in total. The summed E-state index contributed by atoms with van der Waals surface area (Å²) >= 11 is 1.32. The van der Waals surface area contributed by atoms with E-state index in [4.69, 9.17) is 14.2 Å². The smallest absolute Gasteiger partial charge is 0.250 e. The van der Waals surface area contributed by atoms with Crippen molar-refractivity contribution in [3.05, 3.63) is 53.6 Å². The molecule has 2 aromatic carbocycles. The van der Waals surface area contributed by atoms with E-state index in [9.17, 15) is 4.79 Å². The quantitative estimate of drug-likeness (QED) is 0.587. The van der Waals surface area contributed by atoms with Crippen molar-refractivity contribution in [2.45, 2.75) is 6.92 Å². The Balaban J connectivity index is 1.73. The van der Waals surface area contributed by atoms with E-state index in [1.165, 1.54) is 24.5 Å². The van der Waals surface area contributed by atoms with Gasteiger partial charge in [0.15, 0.2) is 11.5 Å². The Morgan fingerprint density at radius 2 is 1.72 bits per heavy atom. The van der Waals surface area contributed by atoms with Gasteiger partial charge in [0, 0.05) is 11.6 Å². The first-order valence-electron chi connectivity index (χ1n) is 8.74. The van der Waals surface area contributed by atoms with Gasteiger partial charge < -0.3 is 14.2 Å². The molecule has 8 heteroatoms. The third-order valence-corrected chi connectivity index (χ3v) is 5.02. The summed E-state index contributed by atoms with van der Waals surface area (Å²) in [7, 11) is 4.62. The van der Waals surface area contributed by atoms with Crippen molar-refractivity contribution in [3.63, 3.8) is 0 Å². The molecule has 1 amide bonds. The second-order valence-corrected chi connectivity index (χ2v) is 6.99. The highest BCUT2D eigenvalue weighted by molar-refractivity contribution is 7.18. The first kappa shape index (κ1) is 20.3. The Bertz CT molecular complexity index is 1020. The lowest BCUT2D eigenvalue weighted by molar-refractivity contribution is -0.111. The van der Waals surface area contributed by atoms with Gasteiger partial charge >= 0.3 is 0 Å². The number of hydrogen-bond donors (Lipinski definition) is 1. The highest BCUT2D eigenvalue weighted by Gasteiger charge is 2.13. The number of benzene rings is 2. The Kier molecular flexibility index (Phi) is 6.46. The van der Waals surface area contributed by atoms with Gasteiger partial charge in [0.1, 0.15) is 5.01 Å². The van der Waals surface area contributed by atoms with Gasteiger partial charge in [0.05, 0.1) is 21.3 Å². The molecule has 1 heterocycles. The summed E-state index contributed by atoms with van der Waals surface area (Å²) in [4.78, 5) is 12.3. The van der Waals surface area contributed by atoms with Crippen LogP contribution in [0.1, 0.15) is 11.1 Å². The van der Waals surface area contributed by atoms with Crippen molar-refractivity contribution in [1.29, 1.82) is 0 Å². The standard InChI is InChI=1S/C21H21N3O4S/c1-13-7-5-6-8-15(13)20-23-24-21(29-20)22-18(25)10-9-14-11-16(26-2)19(28-4)17(12-14)27-3/h5-12H,1-4H3,(H,22,24,25)/b10-9+. The molecule has 3 rings (SSSR count). The van der Waals surface area contributed by atoms with Crippen LogP contribution >= 0.6 is 11.3 Å². The molecule has 7 nitrogen and oxygen atoms in total. The summed E-state index contributed by atoms with van der Waals surface area (Å²) in [5, 5.41) is 12.1. The number of amides is 1. The molecule has 29 heavy (non-hydrogen) atoms. The highest BCUT2D eigenvalue weighted by atomic mass is 32.1. The number of methoxy groups -OCH3 is 3. The molecule has 0 spiro atoms. The van der Waals surface area contributed by atoms with Crippen LogP contribution in [0.25, 0.3) is 16.6 Å². The van der Waals surface area contributed by atoms with Gasteiger partial charge in [-0.25, -0.2) is 0 Å². The van der Waals surface area contributed by atoms with Crippen molar-refractivity contribution in [2.75, 3.05) is 26.6 Å². The zero-order valence-corrected chi connectivity index (χ0v) is 17.4. The largest absolute Gasteiger partial charge is 0.493 e. The maximum Gasteiger partial charge on any atom is 0.250 e. The van der Waals surface area contributed by atoms with Gasteiger partial charge in [-0.3, -0.25) is 10.1 Å². The fourth-order valence-electron chi connectivity index (χ4n) is 2.71. The predicted molar refractivity (Wildman–Crippen MR) is 114 cm³/mol. The zero-order chi connectivity index (χ0) is 20.8. The van der Waals surface area contributed by atoms with Crippen molar-refractivity contribution < 1.29 is 19.0 Å². The van der Waals surface area contributed by atoms with E-state index in [0.717, 1.165) is 21.7 Å². The average molecular weight is 411 g/mol. The van der Waals surface area contributed by atoms with E-state index in [2.05, 4.69) is 15.5 Å². The number of aryl methyl sites for hydroxylation is 1. The van der Waals surface area contributed by atoms with Crippen LogP contribution in [-0.2, 0) is 4.79 Å². The van der Waals surface area contributed by atoms with Crippen molar-refractivity contribution >= 4 is 28.5 Å². The van der Waals surface area contributed by atoms with E-state index in [-0.39, 0.29) is 5.91 Å². The van der Waals surface area contributed by atoms with Crippen molar-refractivity contribution in [3.8, 4) is 27.8 Å². The lowest BCUT2D eigenvalue weighted by Gasteiger charge is -2.12. The molecular formula is C21H21N3O4S. The second-order valence-electron chi connectivity index (χ2n) is 6.01. The minimum Gasteiger partial charge on any atom is -0.493 e. The van der Waals surface area contributed by atoms with Crippen LogP contribution < -0.4 is 19.5 Å². The summed E-state index contributed by atoms with van der Waals surface area (Å²) in [6, 6.07) is 11.4. The van der Waals surface area contributed by atoms with E-state index in [1.54, 1.807) is 32.4 Å². The van der Waals surface area contributed by atoms with Crippen molar-refractivity contribution in [1.82, 2.24) is 10.2 Å². The van der Waals surface area contributed by atoms with E-state index in [1.807, 2.05) is 31.2 Å². The zero-order valence-electron chi connectivity index (χ0n) is 16.6. The Morgan fingerprint density at radius 1 is 1.03 bits per heavy atom. The molecule has 0 aliphatic heterocycles. The number of nitrogens with one attached hydrogen (secondary N) is 1. The topological polar surface area (TPSA) is 82.6 Å². The summed E-state index contributed by atoms with van der Waals surface area (Å²) < 4.78 is 15.9. The molecule has 0 atom stereocenters. The number of hydrogen-bond acceptors (Lipinski definition) is 7. The number of nitrogens with zero attached hydrogens (tertiary/aromatic N) is 2. The number of ether oxygens (including phenoxy) is 3. The summed E-state index contributed by atoms with van der Waals surface area (Å²) in [6.45, 7) is 2.01. The number of rotatable bonds is 7. The third kappa shape index (κ3) is 4.72. The van der Waals surface area contributed by atoms with Gasteiger partial charge in [-0.05, 0) is 36.3 Å². The molecule has 0 bridgehead atoms. The fraction of sp³-hybridized carbons (Fsp3) is 0.190. The first-order chi connectivity index (χ1) is 14.0. The minimum absolute atomic E-state index is 0.314. The lowest BCUT2D eigenvalue weighted by Crippen LogP contribution is -2.07. The lowest BCUT2D eigenvalue weighted by atomic mass is 10.1. The molecule has 1 aromatic heterocycles. The van der Waals surface area contributed by atoms with Gasteiger partial charge in [0.2, 0.25) is 16.8 Å². The van der Waals surface area contributed by atoms with Crippen LogP contribution in [0.4, 0.5) is 5.13 Å². The fourth-order valence-corrected chi connectivity index (χ4v) is 3.55. The van der Waals surface area contributed by atoms with Gasteiger partial charge in [-0.2, -0.15) is 0 Å². The van der Waals surface area contributed by atoms with E-state index < -0.39 is 0 Å². The number of anilines is 1. The maximum atomic E-state index is 12.3. The number of carbonyl (C=O) groups is 1. The predicted octanol–water partition coefficient (Wildman–Crippen LogP) is 4.19. The first-order valence-corrected chi connectivity index (χ1v) is 9.56. The van der Waals surface area contributed by atoms with Crippen LogP contribution in [-0.4, -0.2) is 37.4 Å². The van der Waals surface area contributed by atoms with Gasteiger partial charge in [0.25, 0.3) is 0 Å². The van der Waals surface area contributed by atoms with Crippen LogP contribution in [0, 0.1) is 6.92 Å². The average Bonchev–Trinajstić information content (AvgIpc) is 3.19. The molecule has 0 radical (unpaired) electrons. The Morgan fingerprint density at radius 3 is 2.34 bits per heavy atom. The van der Waals surface area contributed by atoms with Crippen LogP contribution in [0.5, 0.6) is 17.2 Å². The van der Waals surface area contributed by atoms with Crippen LogP contribution in [0.3, 0.4) is 0 Å². The van der Waals surface area contributed by atoms with E-state index in [0.29, 0.717) is 22.4 Å². The number of aromatic nitrogens is 2. The van der Waals surface area contributed by atoms with Crippen LogP contribution in [0.15, 0.2) is 42.5 Å². The van der Waals surface area contributed by atoms with E-state index >= 15 is 0 Å². The molecule has 0 aliphatic carbocycles. The third-order valence-electron chi connectivity index (χ3n) is 4.14. The molecule has 0 saturated carbocycles. The van der Waals surface area contributed by atoms with Gasteiger partial charge in [-0.15, -0.1) is 10.2 Å². The molecule has 0 saturated heterocycles. The maximum absolute atomic E-state index is 12.3. The summed E-state index contributed by atoms with van der Waals surface area (Å²) in [5.74, 6) is 1.21. The monoisotopic (exact) mass is 411 g/mol. The highest BCUT2D eigenvalue weighted by Crippen LogP contribution is 2.38. The molecule has 0 unspecified atom stereocenters. The van der Waals surface area contributed by atoms with Crippen LogP contribution in [0.2, 0.25) is 0 Å². The molecule has 150 valence electrons. The second kappa shape index (κ2) is 9.20. The molecule has 0 fully saturated rings.